The average Bonchev–Trinajstić information content (AvgIpc) is 2.75. The standard InChI is InChI=1S/C11H17N3S/c1-2-14(9-5-7-15-8-9)11-10(12)4-3-6-13-11/h3-4,6,9H,2,5,7-8,12H2,1H3/t9-/m0/s1. The molecule has 1 aromatic rings. The first-order valence-electron chi connectivity index (χ1n) is 5.37. The summed E-state index contributed by atoms with van der Waals surface area (Å²) in [6, 6.07) is 4.42. The normalized spacial score (nSPS) is 20.5. The second-order valence-corrected chi connectivity index (χ2v) is 4.87. The van der Waals surface area contributed by atoms with Crippen molar-refractivity contribution in [3.05, 3.63) is 18.3 Å². The minimum absolute atomic E-state index is 0.609. The molecule has 0 amide bonds. The lowest BCUT2D eigenvalue weighted by atomic mass is 10.2. The molecule has 0 bridgehead atoms. The van der Waals surface area contributed by atoms with Crippen LogP contribution in [0.3, 0.4) is 0 Å². The Balaban J connectivity index is 2.22. The van der Waals surface area contributed by atoms with Crippen molar-refractivity contribution in [2.75, 3.05) is 28.7 Å². The van der Waals surface area contributed by atoms with Crippen molar-refractivity contribution in [2.45, 2.75) is 19.4 Å². The van der Waals surface area contributed by atoms with E-state index in [4.69, 9.17) is 5.73 Å². The molecule has 0 spiro atoms. The lowest BCUT2D eigenvalue weighted by molar-refractivity contribution is 0.653. The van der Waals surface area contributed by atoms with Gasteiger partial charge in [0, 0.05) is 24.5 Å². The van der Waals surface area contributed by atoms with Crippen LogP contribution in [0.5, 0.6) is 0 Å². The predicted octanol–water partition coefficient (Wildman–Crippen LogP) is 2.00. The Bertz CT molecular complexity index is 323. The minimum Gasteiger partial charge on any atom is -0.396 e. The third-order valence-corrected chi connectivity index (χ3v) is 3.92. The van der Waals surface area contributed by atoms with Crippen molar-refractivity contribution in [3.8, 4) is 0 Å². The summed E-state index contributed by atoms with van der Waals surface area (Å²) in [6.45, 7) is 3.14. The minimum atomic E-state index is 0.609. The zero-order chi connectivity index (χ0) is 10.7. The Morgan fingerprint density at radius 2 is 2.53 bits per heavy atom. The molecule has 4 heteroatoms. The van der Waals surface area contributed by atoms with Crippen molar-refractivity contribution < 1.29 is 0 Å². The van der Waals surface area contributed by atoms with Crippen molar-refractivity contribution >= 4 is 23.3 Å². The van der Waals surface area contributed by atoms with Gasteiger partial charge in [-0.15, -0.1) is 0 Å². The van der Waals surface area contributed by atoms with E-state index in [1.165, 1.54) is 17.9 Å². The van der Waals surface area contributed by atoms with Gasteiger partial charge in [0.15, 0.2) is 5.82 Å². The number of pyridine rings is 1. The first-order chi connectivity index (χ1) is 7.33. The molecule has 1 atom stereocenters. The van der Waals surface area contributed by atoms with Gasteiger partial charge in [-0.1, -0.05) is 0 Å². The van der Waals surface area contributed by atoms with E-state index in [1.54, 1.807) is 0 Å². The molecule has 82 valence electrons. The lowest BCUT2D eigenvalue weighted by Crippen LogP contribution is -2.36. The summed E-state index contributed by atoms with van der Waals surface area (Å²) in [5.41, 5.74) is 6.74. The van der Waals surface area contributed by atoms with Crippen LogP contribution in [-0.4, -0.2) is 29.1 Å². The number of aromatic nitrogens is 1. The van der Waals surface area contributed by atoms with Crippen molar-refractivity contribution in [3.63, 3.8) is 0 Å². The zero-order valence-corrected chi connectivity index (χ0v) is 9.83. The fourth-order valence-corrected chi connectivity index (χ4v) is 3.22. The molecular formula is C11H17N3S. The highest BCUT2D eigenvalue weighted by molar-refractivity contribution is 7.99. The van der Waals surface area contributed by atoms with E-state index in [9.17, 15) is 0 Å². The first kappa shape index (κ1) is 10.6. The molecule has 0 radical (unpaired) electrons. The van der Waals surface area contributed by atoms with Crippen LogP contribution in [0.25, 0.3) is 0 Å². The largest absolute Gasteiger partial charge is 0.396 e. The SMILES string of the molecule is CCN(c1ncccc1N)[C@H]1CCSC1. The van der Waals surface area contributed by atoms with Crippen LogP contribution >= 0.6 is 11.8 Å². The van der Waals surface area contributed by atoms with Crippen LogP contribution in [0.4, 0.5) is 11.5 Å². The van der Waals surface area contributed by atoms with Gasteiger partial charge in [-0.05, 0) is 31.2 Å². The Morgan fingerprint density at radius 3 is 3.13 bits per heavy atom. The number of hydrogen-bond acceptors (Lipinski definition) is 4. The molecule has 1 aliphatic heterocycles. The molecule has 2 N–H and O–H groups in total. The third-order valence-electron chi connectivity index (χ3n) is 2.78. The molecule has 1 saturated heterocycles. The lowest BCUT2D eigenvalue weighted by Gasteiger charge is -2.29. The molecule has 1 aromatic heterocycles. The van der Waals surface area contributed by atoms with Crippen LogP contribution < -0.4 is 10.6 Å². The van der Waals surface area contributed by atoms with Crippen molar-refractivity contribution in [1.29, 1.82) is 0 Å². The highest BCUT2D eigenvalue weighted by Gasteiger charge is 2.23. The number of nitrogens with zero attached hydrogens (tertiary/aromatic N) is 2. The molecule has 1 aliphatic rings. The summed E-state index contributed by atoms with van der Waals surface area (Å²) in [7, 11) is 0. The Labute approximate surface area is 95.1 Å². The zero-order valence-electron chi connectivity index (χ0n) is 9.02. The summed E-state index contributed by atoms with van der Waals surface area (Å²) in [6.07, 6.45) is 3.06. The van der Waals surface area contributed by atoms with Crippen LogP contribution in [0.15, 0.2) is 18.3 Å². The smallest absolute Gasteiger partial charge is 0.152 e. The maximum Gasteiger partial charge on any atom is 0.152 e. The van der Waals surface area contributed by atoms with E-state index in [2.05, 4.69) is 16.8 Å². The van der Waals surface area contributed by atoms with Crippen LogP contribution in [0, 0.1) is 0 Å². The second kappa shape index (κ2) is 4.75. The quantitative estimate of drug-likeness (QED) is 0.851. The van der Waals surface area contributed by atoms with E-state index in [1.807, 2.05) is 30.1 Å². The average molecular weight is 223 g/mol. The van der Waals surface area contributed by atoms with Gasteiger partial charge in [0.2, 0.25) is 0 Å². The van der Waals surface area contributed by atoms with E-state index in [0.29, 0.717) is 6.04 Å². The van der Waals surface area contributed by atoms with Crippen molar-refractivity contribution in [1.82, 2.24) is 4.98 Å². The monoisotopic (exact) mass is 223 g/mol. The highest BCUT2D eigenvalue weighted by Crippen LogP contribution is 2.28. The molecule has 0 aliphatic carbocycles. The van der Waals surface area contributed by atoms with Gasteiger partial charge in [-0.25, -0.2) is 4.98 Å². The highest BCUT2D eigenvalue weighted by atomic mass is 32.2. The fourth-order valence-electron chi connectivity index (χ4n) is 2.00. The van der Waals surface area contributed by atoms with Gasteiger partial charge < -0.3 is 10.6 Å². The van der Waals surface area contributed by atoms with Crippen LogP contribution in [0.1, 0.15) is 13.3 Å². The molecule has 2 heterocycles. The maximum absolute atomic E-state index is 5.95. The molecule has 15 heavy (non-hydrogen) atoms. The molecule has 2 rings (SSSR count). The second-order valence-electron chi connectivity index (χ2n) is 3.72. The van der Waals surface area contributed by atoms with Gasteiger partial charge in [-0.2, -0.15) is 11.8 Å². The number of nitrogens with two attached hydrogens (primary N) is 1. The molecule has 0 saturated carbocycles. The molecule has 1 fully saturated rings. The summed E-state index contributed by atoms with van der Waals surface area (Å²) in [5, 5.41) is 0. The van der Waals surface area contributed by atoms with Gasteiger partial charge >= 0.3 is 0 Å². The Hall–Kier alpha value is -0.900. The summed E-state index contributed by atoms with van der Waals surface area (Å²) < 4.78 is 0. The number of anilines is 2. The number of thioether (sulfide) groups is 1. The van der Waals surface area contributed by atoms with Crippen LogP contribution in [0.2, 0.25) is 0 Å². The fraction of sp³-hybridized carbons (Fsp3) is 0.545. The maximum atomic E-state index is 5.95. The summed E-state index contributed by atoms with van der Waals surface area (Å²) >= 11 is 2.02. The van der Waals surface area contributed by atoms with Crippen LogP contribution in [-0.2, 0) is 0 Å². The summed E-state index contributed by atoms with van der Waals surface area (Å²) in [5.74, 6) is 3.41. The first-order valence-corrected chi connectivity index (χ1v) is 6.53. The van der Waals surface area contributed by atoms with E-state index in [-0.39, 0.29) is 0 Å². The molecule has 0 unspecified atom stereocenters. The van der Waals surface area contributed by atoms with Gasteiger partial charge in [0.05, 0.1) is 5.69 Å². The number of nitrogen functional groups attached to an aromatic ring is 1. The molecule has 3 nitrogen and oxygen atoms in total. The van der Waals surface area contributed by atoms with Crippen molar-refractivity contribution in [2.24, 2.45) is 0 Å². The number of rotatable bonds is 3. The topological polar surface area (TPSA) is 42.2 Å². The number of hydrogen-bond donors (Lipinski definition) is 1. The molecular weight excluding hydrogens is 206 g/mol. The van der Waals surface area contributed by atoms with E-state index < -0.39 is 0 Å². The van der Waals surface area contributed by atoms with Gasteiger partial charge in [-0.3, -0.25) is 0 Å². The van der Waals surface area contributed by atoms with Gasteiger partial charge in [0.25, 0.3) is 0 Å². The predicted molar refractivity (Wildman–Crippen MR) is 67.4 cm³/mol. The Kier molecular flexibility index (Phi) is 3.36. The van der Waals surface area contributed by atoms with E-state index in [0.717, 1.165) is 18.1 Å². The van der Waals surface area contributed by atoms with Gasteiger partial charge in [0.1, 0.15) is 0 Å². The Morgan fingerprint density at radius 1 is 1.67 bits per heavy atom. The van der Waals surface area contributed by atoms with E-state index >= 15 is 0 Å². The molecule has 0 aromatic carbocycles. The third kappa shape index (κ3) is 2.20. The summed E-state index contributed by atoms with van der Waals surface area (Å²) in [4.78, 5) is 6.71.